The molecule has 1 aliphatic carbocycles. The van der Waals surface area contributed by atoms with Crippen molar-refractivity contribution in [2.75, 3.05) is 6.61 Å². The third-order valence-electron chi connectivity index (χ3n) is 4.37. The Labute approximate surface area is 159 Å². The second-order valence-corrected chi connectivity index (χ2v) is 8.39. The maximum atomic E-state index is 12.2. The highest BCUT2D eigenvalue weighted by atomic mass is 32.1. The minimum absolute atomic E-state index is 0.229. The maximum Gasteiger partial charge on any atom is 0.348 e. The average Bonchev–Trinajstić information content (AvgIpc) is 3.38. The van der Waals surface area contributed by atoms with Crippen molar-refractivity contribution < 1.29 is 14.3 Å². The third kappa shape index (κ3) is 3.78. The number of esters is 1. The molecule has 2 aromatic heterocycles. The minimum Gasteiger partial charge on any atom is -0.451 e. The number of fused-ring (bicyclic) bond motifs is 1. The van der Waals surface area contributed by atoms with Crippen LogP contribution in [0.4, 0.5) is 0 Å². The van der Waals surface area contributed by atoms with E-state index >= 15 is 0 Å². The number of thiophene rings is 1. The first kappa shape index (κ1) is 17.2. The zero-order valence-electron chi connectivity index (χ0n) is 14.1. The fourth-order valence-electron chi connectivity index (χ4n) is 3.08. The predicted molar refractivity (Wildman–Crippen MR) is 104 cm³/mol. The number of ether oxygens (including phenoxy) is 1. The van der Waals surface area contributed by atoms with Gasteiger partial charge in [-0.2, -0.15) is 0 Å². The van der Waals surface area contributed by atoms with Crippen molar-refractivity contribution in [3.05, 3.63) is 41.3 Å². The van der Waals surface area contributed by atoms with E-state index in [2.05, 4.69) is 10.3 Å². The number of benzene rings is 1. The number of para-hydroxylation sites is 1. The summed E-state index contributed by atoms with van der Waals surface area (Å²) in [5.41, 5.74) is 0.952. The summed E-state index contributed by atoms with van der Waals surface area (Å²) in [5.74, 6) is -0.697. The number of nitrogens with zero attached hydrogens (tertiary/aromatic N) is 1. The van der Waals surface area contributed by atoms with E-state index in [4.69, 9.17) is 4.74 Å². The van der Waals surface area contributed by atoms with Crippen LogP contribution >= 0.6 is 22.7 Å². The van der Waals surface area contributed by atoms with E-state index in [-0.39, 0.29) is 18.6 Å². The molecule has 0 bridgehead atoms. The van der Waals surface area contributed by atoms with E-state index in [1.807, 2.05) is 30.3 Å². The van der Waals surface area contributed by atoms with E-state index in [0.717, 1.165) is 45.8 Å². The summed E-state index contributed by atoms with van der Waals surface area (Å²) in [4.78, 5) is 30.1. The van der Waals surface area contributed by atoms with Gasteiger partial charge in [0.2, 0.25) is 0 Å². The van der Waals surface area contributed by atoms with Crippen LogP contribution in [0.5, 0.6) is 0 Å². The largest absolute Gasteiger partial charge is 0.451 e. The summed E-state index contributed by atoms with van der Waals surface area (Å²) in [5, 5.41) is 3.79. The molecule has 1 saturated carbocycles. The van der Waals surface area contributed by atoms with Crippen molar-refractivity contribution in [3.63, 3.8) is 0 Å². The number of carbonyl (C=O) groups is 2. The summed E-state index contributed by atoms with van der Waals surface area (Å²) in [6, 6.07) is 11.8. The average molecular weight is 386 g/mol. The Bertz CT molecular complexity index is 908. The van der Waals surface area contributed by atoms with Crippen LogP contribution in [0.25, 0.3) is 20.1 Å². The van der Waals surface area contributed by atoms with Gasteiger partial charge in [0.05, 0.1) is 15.1 Å². The third-order valence-corrected chi connectivity index (χ3v) is 6.64. The molecule has 7 heteroatoms. The van der Waals surface area contributed by atoms with E-state index in [9.17, 15) is 9.59 Å². The maximum absolute atomic E-state index is 12.2. The van der Waals surface area contributed by atoms with Gasteiger partial charge in [-0.3, -0.25) is 4.79 Å². The van der Waals surface area contributed by atoms with Crippen LogP contribution in [0.1, 0.15) is 35.4 Å². The second kappa shape index (κ2) is 7.55. The summed E-state index contributed by atoms with van der Waals surface area (Å²) < 4.78 is 6.27. The molecule has 0 aliphatic heterocycles. The molecule has 2 heterocycles. The molecule has 26 heavy (non-hydrogen) atoms. The van der Waals surface area contributed by atoms with Gasteiger partial charge < -0.3 is 10.1 Å². The Morgan fingerprint density at radius 2 is 1.92 bits per heavy atom. The molecule has 4 rings (SSSR count). The van der Waals surface area contributed by atoms with Crippen molar-refractivity contribution in [3.8, 4) is 9.88 Å². The lowest BCUT2D eigenvalue weighted by Crippen LogP contribution is -2.35. The first-order chi connectivity index (χ1) is 12.7. The van der Waals surface area contributed by atoms with Crippen LogP contribution in [0.3, 0.4) is 0 Å². The molecule has 1 aromatic carbocycles. The molecular formula is C19H18N2O3S2. The fourth-order valence-corrected chi connectivity index (χ4v) is 5.00. The molecule has 5 nitrogen and oxygen atoms in total. The molecule has 1 N–H and O–H groups in total. The number of hydrogen-bond donors (Lipinski definition) is 1. The molecule has 0 unspecified atom stereocenters. The first-order valence-electron chi connectivity index (χ1n) is 8.61. The van der Waals surface area contributed by atoms with Gasteiger partial charge in [-0.25, -0.2) is 9.78 Å². The number of aromatic nitrogens is 1. The smallest absolute Gasteiger partial charge is 0.348 e. The van der Waals surface area contributed by atoms with Gasteiger partial charge in [0.1, 0.15) is 9.88 Å². The Kier molecular flexibility index (Phi) is 4.99. The number of hydrogen-bond acceptors (Lipinski definition) is 6. The monoisotopic (exact) mass is 386 g/mol. The summed E-state index contributed by atoms with van der Waals surface area (Å²) in [6.45, 7) is -0.232. The molecule has 3 aromatic rings. The molecule has 0 saturated heterocycles. The summed E-state index contributed by atoms with van der Waals surface area (Å²) in [7, 11) is 0. The van der Waals surface area contributed by atoms with Crippen molar-refractivity contribution in [1.82, 2.24) is 10.3 Å². The topological polar surface area (TPSA) is 68.3 Å². The zero-order chi connectivity index (χ0) is 17.9. The van der Waals surface area contributed by atoms with E-state index in [0.29, 0.717) is 4.88 Å². The highest BCUT2D eigenvalue weighted by Crippen LogP contribution is 2.34. The Morgan fingerprint density at radius 3 is 2.73 bits per heavy atom. The van der Waals surface area contributed by atoms with Gasteiger partial charge in [-0.05, 0) is 37.1 Å². The second-order valence-electron chi connectivity index (χ2n) is 6.28. The van der Waals surface area contributed by atoms with E-state index in [1.165, 1.54) is 11.3 Å². The molecule has 0 atom stereocenters. The number of carbonyl (C=O) groups excluding carboxylic acids is 2. The van der Waals surface area contributed by atoms with Crippen LogP contribution < -0.4 is 5.32 Å². The molecule has 134 valence electrons. The highest BCUT2D eigenvalue weighted by Gasteiger charge is 2.19. The van der Waals surface area contributed by atoms with Gasteiger partial charge in [-0.1, -0.05) is 25.0 Å². The first-order valence-corrected chi connectivity index (χ1v) is 10.2. The lowest BCUT2D eigenvalue weighted by Gasteiger charge is -2.11. The van der Waals surface area contributed by atoms with Crippen molar-refractivity contribution in [2.45, 2.75) is 31.7 Å². The van der Waals surface area contributed by atoms with Crippen LogP contribution in [0.2, 0.25) is 0 Å². The number of thiazole rings is 1. The lowest BCUT2D eigenvalue weighted by atomic mass is 10.2. The highest BCUT2D eigenvalue weighted by molar-refractivity contribution is 7.26. The minimum atomic E-state index is -0.469. The van der Waals surface area contributed by atoms with Crippen molar-refractivity contribution in [1.29, 1.82) is 0 Å². The molecule has 1 amide bonds. The van der Waals surface area contributed by atoms with Gasteiger partial charge >= 0.3 is 5.97 Å². The molecule has 0 radical (unpaired) electrons. The number of amides is 1. The Hall–Kier alpha value is -2.25. The van der Waals surface area contributed by atoms with Gasteiger partial charge in [0.25, 0.3) is 5.91 Å². The van der Waals surface area contributed by atoms with Crippen molar-refractivity contribution >= 4 is 44.8 Å². The number of rotatable bonds is 5. The molecule has 1 fully saturated rings. The molecular weight excluding hydrogens is 368 g/mol. The normalized spacial score (nSPS) is 14.6. The lowest BCUT2D eigenvalue weighted by molar-refractivity contribution is -0.124. The predicted octanol–water partition coefficient (Wildman–Crippen LogP) is 4.24. The molecule has 1 aliphatic rings. The Morgan fingerprint density at radius 1 is 1.12 bits per heavy atom. The summed E-state index contributed by atoms with van der Waals surface area (Å²) in [6.07, 6.45) is 4.31. The Balaban J connectivity index is 1.37. The quantitative estimate of drug-likeness (QED) is 0.666. The van der Waals surface area contributed by atoms with Crippen LogP contribution in [-0.4, -0.2) is 29.5 Å². The fraction of sp³-hybridized carbons (Fsp3) is 0.316. The van der Waals surface area contributed by atoms with Gasteiger partial charge in [0.15, 0.2) is 6.61 Å². The standard InChI is InChI=1S/C19H18N2O3S2/c22-17(20-12-5-1-2-6-12)11-24-19(23)16-10-9-15(25-16)18-21-13-7-3-4-8-14(13)26-18/h3-4,7-10,12H,1-2,5-6,11H2,(H,20,22). The van der Waals surface area contributed by atoms with E-state index < -0.39 is 5.97 Å². The van der Waals surface area contributed by atoms with Crippen LogP contribution in [0, 0.1) is 0 Å². The van der Waals surface area contributed by atoms with Crippen LogP contribution in [0.15, 0.2) is 36.4 Å². The SMILES string of the molecule is O=C(COC(=O)c1ccc(-c2nc3ccccc3s2)s1)NC1CCCC1. The number of nitrogens with one attached hydrogen (secondary N) is 1. The molecule has 0 spiro atoms. The zero-order valence-corrected chi connectivity index (χ0v) is 15.7. The van der Waals surface area contributed by atoms with E-state index in [1.54, 1.807) is 17.4 Å². The van der Waals surface area contributed by atoms with Gasteiger partial charge in [-0.15, -0.1) is 22.7 Å². The van der Waals surface area contributed by atoms with Crippen LogP contribution in [-0.2, 0) is 9.53 Å². The van der Waals surface area contributed by atoms with Crippen molar-refractivity contribution in [2.24, 2.45) is 0 Å². The van der Waals surface area contributed by atoms with Gasteiger partial charge in [0, 0.05) is 6.04 Å². The summed E-state index contributed by atoms with van der Waals surface area (Å²) >= 11 is 2.93.